The second kappa shape index (κ2) is 8.94. The highest BCUT2D eigenvalue weighted by atomic mass is 32.2. The van der Waals surface area contributed by atoms with E-state index in [1.165, 1.54) is 22.9 Å². The number of rotatable bonds is 7. The quantitative estimate of drug-likeness (QED) is 0.516. The summed E-state index contributed by atoms with van der Waals surface area (Å²) in [6, 6.07) is 4.39. The minimum absolute atomic E-state index is 0.0154. The Kier molecular flexibility index (Phi) is 6.21. The first kappa shape index (κ1) is 22.9. The van der Waals surface area contributed by atoms with Gasteiger partial charge in [0.1, 0.15) is 17.1 Å². The van der Waals surface area contributed by atoms with Gasteiger partial charge in [-0.15, -0.1) is 0 Å². The lowest BCUT2D eigenvalue weighted by molar-refractivity contribution is -0.122. The average Bonchev–Trinajstić information content (AvgIpc) is 3.10. The van der Waals surface area contributed by atoms with Crippen molar-refractivity contribution in [2.45, 2.75) is 31.6 Å². The Bertz CT molecular complexity index is 1380. The molecular weight excluding hydrogens is 448 g/mol. The Morgan fingerprint density at radius 1 is 1.21 bits per heavy atom. The molecule has 0 radical (unpaired) electrons. The van der Waals surface area contributed by atoms with Gasteiger partial charge in [0.2, 0.25) is 15.9 Å². The summed E-state index contributed by atoms with van der Waals surface area (Å²) in [5.74, 6) is 0.221. The summed E-state index contributed by atoms with van der Waals surface area (Å²) < 4.78 is 34.7. The first-order chi connectivity index (χ1) is 15.8. The molecule has 0 bridgehead atoms. The van der Waals surface area contributed by atoms with E-state index in [4.69, 9.17) is 4.74 Å². The first-order valence-electron chi connectivity index (χ1n) is 10.8. The molecule has 3 aromatic rings. The van der Waals surface area contributed by atoms with Gasteiger partial charge in [0.05, 0.1) is 29.3 Å². The largest absolute Gasteiger partial charge is 0.493 e. The van der Waals surface area contributed by atoms with E-state index in [0.29, 0.717) is 41.1 Å². The Labute approximate surface area is 190 Å². The van der Waals surface area contributed by atoms with E-state index in [2.05, 4.69) is 20.4 Å². The van der Waals surface area contributed by atoms with E-state index >= 15 is 0 Å². The van der Waals surface area contributed by atoms with E-state index in [-0.39, 0.29) is 41.8 Å². The fourth-order valence-electron chi connectivity index (χ4n) is 3.88. The van der Waals surface area contributed by atoms with Crippen LogP contribution < -0.4 is 15.6 Å². The van der Waals surface area contributed by atoms with Crippen molar-refractivity contribution in [3.63, 3.8) is 0 Å². The molecule has 2 aromatic heterocycles. The van der Waals surface area contributed by atoms with Crippen LogP contribution in [0.25, 0.3) is 22.4 Å². The summed E-state index contributed by atoms with van der Waals surface area (Å²) in [5, 5.41) is 7.04. The van der Waals surface area contributed by atoms with Crippen LogP contribution in [0.15, 0.2) is 27.9 Å². The number of carbonyl (C=O) groups is 1. The maximum atomic E-state index is 13.2. The normalized spacial score (nSPS) is 15.1. The molecule has 1 amide bonds. The van der Waals surface area contributed by atoms with E-state index in [1.807, 2.05) is 6.92 Å². The number of hydrogen-bond acceptors (Lipinski definition) is 7. The molecule has 0 atom stereocenters. The molecule has 0 aliphatic carbocycles. The number of nitrogens with one attached hydrogen (secondary N) is 2. The maximum Gasteiger partial charge on any atom is 0.277 e. The molecule has 1 aromatic carbocycles. The number of nitrogens with zero attached hydrogens (tertiary/aromatic N) is 4. The number of amides is 1. The van der Waals surface area contributed by atoms with E-state index in [9.17, 15) is 18.0 Å². The fraction of sp³-hybridized carbons (Fsp3) is 0.429. The molecule has 12 heteroatoms. The molecule has 1 aliphatic rings. The molecule has 33 heavy (non-hydrogen) atoms. The topological polar surface area (TPSA) is 139 Å². The van der Waals surface area contributed by atoms with Crippen molar-refractivity contribution in [3.8, 4) is 17.1 Å². The molecule has 176 valence electrons. The summed E-state index contributed by atoms with van der Waals surface area (Å²) in [5.41, 5.74) is 1.48. The zero-order valence-corrected chi connectivity index (χ0v) is 19.5. The lowest BCUT2D eigenvalue weighted by Crippen LogP contribution is -2.49. The Morgan fingerprint density at radius 2 is 2.00 bits per heavy atom. The SMILES string of the molecule is CCCc1nn(C)c2c(=O)[nH]c(-c3cc(S(=O)(=O)N4CCNC(=O)C4)ccc3OCC)nc12. The van der Waals surface area contributed by atoms with Gasteiger partial charge in [0.15, 0.2) is 5.52 Å². The molecular formula is C21H26N6O5S. The van der Waals surface area contributed by atoms with E-state index < -0.39 is 10.0 Å². The number of aromatic nitrogens is 4. The Balaban J connectivity index is 1.88. The lowest BCUT2D eigenvalue weighted by atomic mass is 10.1. The number of aromatic amines is 1. The number of aryl methyl sites for hydroxylation is 2. The summed E-state index contributed by atoms with van der Waals surface area (Å²) in [4.78, 5) is 32.0. The number of hydrogen-bond donors (Lipinski definition) is 2. The first-order valence-corrected chi connectivity index (χ1v) is 12.2. The second-order valence-corrected chi connectivity index (χ2v) is 9.65. The van der Waals surface area contributed by atoms with Crippen LogP contribution in [0.1, 0.15) is 26.0 Å². The van der Waals surface area contributed by atoms with Crippen LogP contribution in [-0.2, 0) is 28.3 Å². The number of benzene rings is 1. The van der Waals surface area contributed by atoms with Crippen molar-refractivity contribution in [3.05, 3.63) is 34.2 Å². The van der Waals surface area contributed by atoms with E-state index in [1.54, 1.807) is 14.0 Å². The van der Waals surface area contributed by atoms with Crippen LogP contribution in [0.4, 0.5) is 0 Å². The van der Waals surface area contributed by atoms with Crippen LogP contribution in [-0.4, -0.2) is 64.6 Å². The zero-order chi connectivity index (χ0) is 23.8. The highest BCUT2D eigenvalue weighted by Crippen LogP contribution is 2.32. The highest BCUT2D eigenvalue weighted by Gasteiger charge is 2.30. The van der Waals surface area contributed by atoms with Crippen LogP contribution in [0.2, 0.25) is 0 Å². The molecule has 1 saturated heterocycles. The fourth-order valence-corrected chi connectivity index (χ4v) is 5.31. The van der Waals surface area contributed by atoms with Crippen molar-refractivity contribution in [2.75, 3.05) is 26.2 Å². The van der Waals surface area contributed by atoms with Crippen molar-refractivity contribution in [2.24, 2.45) is 7.05 Å². The Hall–Kier alpha value is -3.25. The highest BCUT2D eigenvalue weighted by molar-refractivity contribution is 7.89. The maximum absolute atomic E-state index is 13.2. The molecule has 0 unspecified atom stereocenters. The van der Waals surface area contributed by atoms with Crippen molar-refractivity contribution >= 4 is 27.0 Å². The molecule has 1 aliphatic heterocycles. The molecule has 2 N–H and O–H groups in total. The predicted molar refractivity (Wildman–Crippen MR) is 121 cm³/mol. The van der Waals surface area contributed by atoms with Crippen LogP contribution in [0.5, 0.6) is 5.75 Å². The second-order valence-electron chi connectivity index (χ2n) is 7.71. The van der Waals surface area contributed by atoms with Gasteiger partial charge < -0.3 is 15.0 Å². The van der Waals surface area contributed by atoms with Gasteiger partial charge in [0.25, 0.3) is 5.56 Å². The third kappa shape index (κ3) is 4.23. The van der Waals surface area contributed by atoms with E-state index in [0.717, 1.165) is 10.7 Å². The summed E-state index contributed by atoms with van der Waals surface area (Å²) in [6.07, 6.45) is 1.48. The van der Waals surface area contributed by atoms with Gasteiger partial charge in [-0.1, -0.05) is 13.3 Å². The van der Waals surface area contributed by atoms with Gasteiger partial charge in [-0.05, 0) is 31.5 Å². The van der Waals surface area contributed by atoms with Crippen molar-refractivity contribution < 1.29 is 17.9 Å². The third-order valence-corrected chi connectivity index (χ3v) is 7.24. The van der Waals surface area contributed by atoms with Crippen LogP contribution in [0, 0.1) is 0 Å². The van der Waals surface area contributed by atoms with Crippen LogP contribution in [0.3, 0.4) is 0 Å². The predicted octanol–water partition coefficient (Wildman–Crippen LogP) is 0.795. The van der Waals surface area contributed by atoms with Crippen molar-refractivity contribution in [1.29, 1.82) is 0 Å². The minimum atomic E-state index is -3.94. The Morgan fingerprint density at radius 3 is 2.70 bits per heavy atom. The molecule has 11 nitrogen and oxygen atoms in total. The van der Waals surface area contributed by atoms with Crippen LogP contribution >= 0.6 is 0 Å². The van der Waals surface area contributed by atoms with Gasteiger partial charge in [-0.25, -0.2) is 13.4 Å². The van der Waals surface area contributed by atoms with Gasteiger partial charge in [-0.3, -0.25) is 14.3 Å². The number of fused-ring (bicyclic) bond motifs is 1. The average molecular weight is 475 g/mol. The molecule has 4 rings (SSSR count). The molecule has 3 heterocycles. The minimum Gasteiger partial charge on any atom is -0.493 e. The van der Waals surface area contributed by atoms with Crippen molar-refractivity contribution in [1.82, 2.24) is 29.4 Å². The zero-order valence-electron chi connectivity index (χ0n) is 18.7. The number of carbonyl (C=O) groups excluding carboxylic acids is 1. The van der Waals surface area contributed by atoms with Gasteiger partial charge >= 0.3 is 0 Å². The molecule has 0 spiro atoms. The smallest absolute Gasteiger partial charge is 0.277 e. The monoisotopic (exact) mass is 474 g/mol. The number of piperazine rings is 1. The van der Waals surface area contributed by atoms with Gasteiger partial charge in [-0.2, -0.15) is 9.40 Å². The third-order valence-electron chi connectivity index (χ3n) is 5.40. The number of sulfonamides is 1. The lowest BCUT2D eigenvalue weighted by Gasteiger charge is -2.26. The number of ether oxygens (including phenoxy) is 1. The summed E-state index contributed by atoms with van der Waals surface area (Å²) in [6.45, 7) is 4.33. The summed E-state index contributed by atoms with van der Waals surface area (Å²) >= 11 is 0. The standard InChI is InChI=1S/C21H26N6O5S/c1-4-6-15-18-19(26(3)25-15)21(29)24-20(23-18)14-11-13(7-8-16(14)32-5-2)33(30,31)27-10-9-22-17(28)12-27/h7-8,11H,4-6,9-10,12H2,1-3H3,(H,22,28)(H,23,24,29). The molecule has 1 fully saturated rings. The summed E-state index contributed by atoms with van der Waals surface area (Å²) in [7, 11) is -2.26. The number of H-pyrrole nitrogens is 1. The van der Waals surface area contributed by atoms with Gasteiger partial charge in [0, 0.05) is 20.1 Å². The molecule has 0 saturated carbocycles.